The summed E-state index contributed by atoms with van der Waals surface area (Å²) in [6, 6.07) is 3.50. The Morgan fingerprint density at radius 2 is 1.90 bits per heavy atom. The number of hydrogen-bond donors (Lipinski definition) is 1. The number of hydrogen-bond acceptors (Lipinski definition) is 4. The molecule has 0 spiro atoms. The first-order valence-corrected chi connectivity index (χ1v) is 12.2. The van der Waals surface area contributed by atoms with Crippen LogP contribution in [0.4, 0.5) is 0 Å². The lowest BCUT2D eigenvalue weighted by Crippen LogP contribution is -2.50. The van der Waals surface area contributed by atoms with Crippen LogP contribution >= 0.6 is 0 Å². The summed E-state index contributed by atoms with van der Waals surface area (Å²) < 4.78 is 27.6. The molecule has 0 aromatic carbocycles. The van der Waals surface area contributed by atoms with E-state index in [1.165, 1.54) is 42.6 Å². The largest absolute Gasteiger partial charge is 0.345 e. The Hall–Kier alpha value is -1.93. The maximum atomic E-state index is 13.1. The maximum absolute atomic E-state index is 13.1. The monoisotopic (exact) mass is 418 g/mol. The zero-order valence-electron chi connectivity index (χ0n) is 16.8. The summed E-state index contributed by atoms with van der Waals surface area (Å²) in [4.78, 5) is 21.7. The van der Waals surface area contributed by atoms with Crippen molar-refractivity contribution >= 4 is 27.0 Å². The predicted molar refractivity (Wildman–Crippen MR) is 112 cm³/mol. The van der Waals surface area contributed by atoms with Crippen LogP contribution in [0.3, 0.4) is 0 Å². The Morgan fingerprint density at radius 3 is 2.66 bits per heavy atom. The summed E-state index contributed by atoms with van der Waals surface area (Å²) in [7, 11) is -3.60. The third kappa shape index (κ3) is 4.48. The first kappa shape index (κ1) is 20.3. The molecule has 0 atom stereocenters. The van der Waals surface area contributed by atoms with E-state index in [2.05, 4.69) is 9.97 Å². The SMILES string of the molecule is O=C(CCCC1CCCCC1)N1CCN(S(=O)(=O)c2c[nH]c3ncccc23)CC1. The van der Waals surface area contributed by atoms with Gasteiger partial charge in [0.15, 0.2) is 0 Å². The van der Waals surface area contributed by atoms with E-state index < -0.39 is 10.0 Å². The van der Waals surface area contributed by atoms with Gasteiger partial charge in [0.1, 0.15) is 10.5 Å². The third-order valence-corrected chi connectivity index (χ3v) is 8.29. The van der Waals surface area contributed by atoms with Crippen molar-refractivity contribution in [1.29, 1.82) is 0 Å². The fourth-order valence-electron chi connectivity index (χ4n) is 4.64. The van der Waals surface area contributed by atoms with Gasteiger partial charge in [-0.3, -0.25) is 4.79 Å². The van der Waals surface area contributed by atoms with Crippen molar-refractivity contribution in [3.63, 3.8) is 0 Å². The number of rotatable bonds is 6. The van der Waals surface area contributed by atoms with Crippen molar-refractivity contribution in [1.82, 2.24) is 19.2 Å². The molecule has 29 heavy (non-hydrogen) atoms. The van der Waals surface area contributed by atoms with Gasteiger partial charge in [0, 0.05) is 50.4 Å². The fourth-order valence-corrected chi connectivity index (χ4v) is 6.21. The highest BCUT2D eigenvalue weighted by Crippen LogP contribution is 2.28. The topological polar surface area (TPSA) is 86.4 Å². The lowest BCUT2D eigenvalue weighted by molar-refractivity contribution is -0.132. The second-order valence-electron chi connectivity index (χ2n) is 8.23. The molecule has 1 aliphatic heterocycles. The Morgan fingerprint density at radius 1 is 1.14 bits per heavy atom. The van der Waals surface area contributed by atoms with Gasteiger partial charge in [0.2, 0.25) is 15.9 Å². The standard InChI is InChI=1S/C21H30N4O3S/c26-20(10-4-8-17-6-2-1-3-7-17)24-12-14-25(15-13-24)29(27,28)19-16-23-21-18(19)9-5-11-22-21/h5,9,11,16-17H,1-4,6-8,10,12-15H2,(H,22,23). The first-order valence-electron chi connectivity index (χ1n) is 10.8. The molecule has 4 rings (SSSR count). The van der Waals surface area contributed by atoms with Crippen molar-refractivity contribution in [2.24, 2.45) is 5.92 Å². The van der Waals surface area contributed by atoms with Crippen LogP contribution in [-0.4, -0.2) is 59.7 Å². The van der Waals surface area contributed by atoms with E-state index >= 15 is 0 Å². The highest BCUT2D eigenvalue weighted by molar-refractivity contribution is 7.89. The number of fused-ring (bicyclic) bond motifs is 1. The molecule has 1 amide bonds. The first-order chi connectivity index (χ1) is 14.1. The van der Waals surface area contributed by atoms with E-state index in [1.54, 1.807) is 18.3 Å². The number of aromatic nitrogens is 2. The smallest absolute Gasteiger partial charge is 0.245 e. The molecule has 1 N–H and O–H groups in total. The van der Waals surface area contributed by atoms with Gasteiger partial charge in [-0.15, -0.1) is 0 Å². The average Bonchev–Trinajstić information content (AvgIpc) is 3.19. The molecule has 2 fully saturated rings. The molecule has 1 aliphatic carbocycles. The zero-order valence-corrected chi connectivity index (χ0v) is 17.7. The van der Waals surface area contributed by atoms with Gasteiger partial charge >= 0.3 is 0 Å². The summed E-state index contributed by atoms with van der Waals surface area (Å²) in [5.74, 6) is 0.957. The number of aromatic amines is 1. The summed E-state index contributed by atoms with van der Waals surface area (Å²) in [6.07, 6.45) is 12.5. The molecular weight excluding hydrogens is 388 g/mol. The van der Waals surface area contributed by atoms with Crippen LogP contribution in [0.2, 0.25) is 0 Å². The molecule has 1 saturated heterocycles. The van der Waals surface area contributed by atoms with Crippen molar-refractivity contribution in [2.45, 2.75) is 56.3 Å². The molecule has 1 saturated carbocycles. The van der Waals surface area contributed by atoms with E-state index in [9.17, 15) is 13.2 Å². The number of nitrogens with one attached hydrogen (secondary N) is 1. The summed E-state index contributed by atoms with van der Waals surface area (Å²) in [5, 5.41) is 0.605. The number of carbonyl (C=O) groups is 1. The molecule has 0 unspecified atom stereocenters. The van der Waals surface area contributed by atoms with E-state index in [1.807, 2.05) is 4.90 Å². The number of nitrogens with zero attached hydrogens (tertiary/aromatic N) is 3. The van der Waals surface area contributed by atoms with Crippen molar-refractivity contribution < 1.29 is 13.2 Å². The Labute approximate surface area is 172 Å². The molecule has 0 radical (unpaired) electrons. The molecule has 0 bridgehead atoms. The van der Waals surface area contributed by atoms with E-state index in [4.69, 9.17) is 0 Å². The minimum absolute atomic E-state index is 0.161. The third-order valence-electron chi connectivity index (χ3n) is 6.35. The predicted octanol–water partition coefficient (Wildman–Crippen LogP) is 3.15. The minimum Gasteiger partial charge on any atom is -0.345 e. The Kier molecular flexibility index (Phi) is 6.20. The van der Waals surface area contributed by atoms with Crippen LogP contribution in [0.25, 0.3) is 11.0 Å². The van der Waals surface area contributed by atoms with Crippen LogP contribution in [0.15, 0.2) is 29.4 Å². The van der Waals surface area contributed by atoms with Crippen molar-refractivity contribution in [2.75, 3.05) is 26.2 Å². The zero-order chi connectivity index (χ0) is 20.3. The highest BCUT2D eigenvalue weighted by Gasteiger charge is 2.31. The second-order valence-corrected chi connectivity index (χ2v) is 10.1. The van der Waals surface area contributed by atoms with Gasteiger partial charge in [-0.1, -0.05) is 32.1 Å². The number of pyridine rings is 1. The van der Waals surface area contributed by atoms with E-state index in [0.717, 1.165) is 18.8 Å². The minimum atomic E-state index is -3.60. The van der Waals surface area contributed by atoms with E-state index in [-0.39, 0.29) is 10.8 Å². The lowest BCUT2D eigenvalue weighted by atomic mass is 9.86. The van der Waals surface area contributed by atoms with Crippen molar-refractivity contribution in [3.8, 4) is 0 Å². The van der Waals surface area contributed by atoms with Gasteiger partial charge in [0.05, 0.1) is 0 Å². The number of amides is 1. The van der Waals surface area contributed by atoms with Crippen LogP contribution in [-0.2, 0) is 14.8 Å². The maximum Gasteiger partial charge on any atom is 0.245 e. The van der Waals surface area contributed by atoms with E-state index in [0.29, 0.717) is 43.6 Å². The summed E-state index contributed by atoms with van der Waals surface area (Å²) in [5.41, 5.74) is 0.567. The van der Waals surface area contributed by atoms with Crippen LogP contribution in [0, 0.1) is 5.92 Å². The summed E-state index contributed by atoms with van der Waals surface area (Å²) >= 11 is 0. The molecule has 8 heteroatoms. The summed E-state index contributed by atoms with van der Waals surface area (Å²) in [6.45, 7) is 1.59. The van der Waals surface area contributed by atoms with Gasteiger partial charge in [-0.05, 0) is 30.9 Å². The van der Waals surface area contributed by atoms with Gasteiger partial charge in [0.25, 0.3) is 0 Å². The normalized spacial score (nSPS) is 19.7. The number of sulfonamides is 1. The molecule has 7 nitrogen and oxygen atoms in total. The van der Waals surface area contributed by atoms with Crippen LogP contribution in [0.1, 0.15) is 51.4 Å². The number of H-pyrrole nitrogens is 1. The number of carbonyl (C=O) groups excluding carboxylic acids is 1. The molecule has 158 valence electrons. The molecule has 2 aromatic rings. The van der Waals surface area contributed by atoms with Gasteiger partial charge in [-0.25, -0.2) is 13.4 Å². The highest BCUT2D eigenvalue weighted by atomic mass is 32.2. The Balaban J connectivity index is 1.30. The molecule has 2 aliphatic rings. The molecular formula is C21H30N4O3S. The van der Waals surface area contributed by atoms with Gasteiger partial charge in [-0.2, -0.15) is 4.31 Å². The van der Waals surface area contributed by atoms with Crippen LogP contribution in [0.5, 0.6) is 0 Å². The van der Waals surface area contributed by atoms with Crippen molar-refractivity contribution in [3.05, 3.63) is 24.5 Å². The second kappa shape index (κ2) is 8.83. The van der Waals surface area contributed by atoms with Gasteiger partial charge < -0.3 is 9.88 Å². The molecule has 2 aromatic heterocycles. The lowest BCUT2D eigenvalue weighted by Gasteiger charge is -2.34. The quantitative estimate of drug-likeness (QED) is 0.781. The Bertz CT molecular complexity index is 942. The van der Waals surface area contributed by atoms with Crippen LogP contribution < -0.4 is 0 Å². The molecule has 3 heterocycles. The fraction of sp³-hybridized carbons (Fsp3) is 0.619. The average molecular weight is 419 g/mol. The number of piperazine rings is 1.